The highest BCUT2D eigenvalue weighted by molar-refractivity contribution is 5.96. The van der Waals surface area contributed by atoms with Crippen molar-refractivity contribution in [1.29, 1.82) is 0 Å². The molecule has 0 radical (unpaired) electrons. The number of hydrogen-bond acceptors (Lipinski definition) is 4. The number of ether oxygens (including phenoxy) is 1. The molecule has 1 heterocycles. The quantitative estimate of drug-likeness (QED) is 0.546. The predicted octanol–water partition coefficient (Wildman–Crippen LogP) is 4.74. The van der Waals surface area contributed by atoms with Crippen LogP contribution in [-0.2, 0) is 21.1 Å². The molecular weight excluding hydrogens is 383 g/mol. The van der Waals surface area contributed by atoms with E-state index in [4.69, 9.17) is 4.74 Å². The number of nitrogens with zero attached hydrogens (tertiary/aromatic N) is 1. The number of fused-ring (bicyclic) bond motifs is 1. The van der Waals surface area contributed by atoms with E-state index in [0.29, 0.717) is 0 Å². The van der Waals surface area contributed by atoms with Crippen LogP contribution >= 0.6 is 0 Å². The topological polar surface area (TPSA) is 46.6 Å². The number of halogens is 3. The molecule has 0 N–H and O–H groups in total. The first-order chi connectivity index (χ1) is 13.5. The lowest BCUT2D eigenvalue weighted by Gasteiger charge is -2.23. The Labute approximate surface area is 166 Å². The fourth-order valence-electron chi connectivity index (χ4n) is 3.47. The van der Waals surface area contributed by atoms with Crippen molar-refractivity contribution in [1.82, 2.24) is 0 Å². The highest BCUT2D eigenvalue weighted by Gasteiger charge is 2.38. The monoisotopic (exact) mass is 403 g/mol. The molecule has 4 nitrogen and oxygen atoms in total. The maximum Gasteiger partial charge on any atom is 0.416 e. The van der Waals surface area contributed by atoms with Crippen LogP contribution in [0, 0.1) is 0 Å². The van der Waals surface area contributed by atoms with Crippen LogP contribution in [0.2, 0.25) is 0 Å². The van der Waals surface area contributed by atoms with Crippen molar-refractivity contribution in [3.63, 3.8) is 0 Å². The maximum absolute atomic E-state index is 12.6. The third-order valence-corrected chi connectivity index (χ3v) is 5.03. The van der Waals surface area contributed by atoms with E-state index in [0.717, 1.165) is 41.2 Å². The van der Waals surface area contributed by atoms with Crippen molar-refractivity contribution in [3.05, 3.63) is 77.0 Å². The molecule has 3 rings (SSSR count). The standard InChI is InChI=1S/C22H20F3NO3/c1-21(2)17-6-4-5-7-18(17)26(3)19(21)12-16(27)13-29-20(28)14-8-10-15(11-9-14)22(23,24)25/h4-12H,13H2,1-3H3. The molecule has 1 aliphatic heterocycles. The molecule has 152 valence electrons. The third-order valence-electron chi connectivity index (χ3n) is 5.03. The highest BCUT2D eigenvalue weighted by Crippen LogP contribution is 2.46. The zero-order chi connectivity index (χ0) is 21.4. The molecule has 0 aromatic heterocycles. The smallest absolute Gasteiger partial charge is 0.416 e. The second kappa shape index (κ2) is 7.39. The Bertz CT molecular complexity index is 976. The molecular formula is C22H20F3NO3. The lowest BCUT2D eigenvalue weighted by molar-refractivity contribution is -0.137. The molecule has 0 bridgehead atoms. The molecule has 0 saturated heterocycles. The van der Waals surface area contributed by atoms with Crippen molar-refractivity contribution in [2.24, 2.45) is 0 Å². The van der Waals surface area contributed by atoms with Gasteiger partial charge in [0, 0.05) is 29.9 Å². The maximum atomic E-state index is 12.6. The summed E-state index contributed by atoms with van der Waals surface area (Å²) in [6, 6.07) is 11.5. The Kier molecular flexibility index (Phi) is 5.26. The summed E-state index contributed by atoms with van der Waals surface area (Å²) in [5.74, 6) is -1.26. The van der Waals surface area contributed by atoms with E-state index < -0.39 is 35.5 Å². The summed E-state index contributed by atoms with van der Waals surface area (Å²) in [5.41, 5.74) is 1.55. The second-order valence-electron chi connectivity index (χ2n) is 7.35. The number of anilines is 1. The zero-order valence-electron chi connectivity index (χ0n) is 16.2. The molecule has 0 amide bonds. The minimum Gasteiger partial charge on any atom is -0.454 e. The molecule has 2 aromatic carbocycles. The number of benzene rings is 2. The van der Waals surface area contributed by atoms with Gasteiger partial charge in [-0.05, 0) is 35.9 Å². The van der Waals surface area contributed by atoms with Crippen LogP contribution < -0.4 is 4.90 Å². The van der Waals surface area contributed by atoms with E-state index in [1.807, 2.05) is 50.1 Å². The molecule has 1 aliphatic rings. The molecule has 29 heavy (non-hydrogen) atoms. The SMILES string of the molecule is CN1C(=CC(=O)COC(=O)c2ccc(C(F)(F)F)cc2)C(C)(C)c2ccccc21. The fraction of sp³-hybridized carbons (Fsp3) is 0.273. The molecule has 0 saturated carbocycles. The minimum absolute atomic E-state index is 0.0517. The Morgan fingerprint density at radius 3 is 2.28 bits per heavy atom. The van der Waals surface area contributed by atoms with Crippen LogP contribution in [0.1, 0.15) is 35.3 Å². The normalized spacial score (nSPS) is 16.6. The first-order valence-corrected chi connectivity index (χ1v) is 8.94. The van der Waals surface area contributed by atoms with Crippen molar-refractivity contribution in [2.45, 2.75) is 25.4 Å². The average molecular weight is 403 g/mol. The number of likely N-dealkylation sites (N-methyl/N-ethyl adjacent to an activating group) is 1. The van der Waals surface area contributed by atoms with Crippen LogP contribution in [0.4, 0.5) is 18.9 Å². The summed E-state index contributed by atoms with van der Waals surface area (Å²) in [6.45, 7) is 3.51. The molecule has 7 heteroatoms. The summed E-state index contributed by atoms with van der Waals surface area (Å²) in [6.07, 6.45) is -3.04. The van der Waals surface area contributed by atoms with E-state index in [1.54, 1.807) is 0 Å². The fourth-order valence-corrected chi connectivity index (χ4v) is 3.47. The summed E-state index contributed by atoms with van der Waals surface area (Å²) in [7, 11) is 1.86. The molecule has 0 fully saturated rings. The first kappa shape index (κ1) is 20.6. The molecule has 0 unspecified atom stereocenters. The van der Waals surface area contributed by atoms with Crippen molar-refractivity contribution in [2.75, 3.05) is 18.6 Å². The number of carbonyl (C=O) groups excluding carboxylic acids is 2. The Morgan fingerprint density at radius 2 is 1.69 bits per heavy atom. The Balaban J connectivity index is 1.68. The Hall–Kier alpha value is -3.09. The summed E-state index contributed by atoms with van der Waals surface area (Å²) >= 11 is 0. The summed E-state index contributed by atoms with van der Waals surface area (Å²) in [5, 5.41) is 0. The lowest BCUT2D eigenvalue weighted by Crippen LogP contribution is -2.25. The van der Waals surface area contributed by atoms with Gasteiger partial charge in [0.05, 0.1) is 11.1 Å². The number of allylic oxidation sites excluding steroid dienone is 1. The van der Waals surface area contributed by atoms with Crippen LogP contribution in [0.15, 0.2) is 60.3 Å². The van der Waals surface area contributed by atoms with Gasteiger partial charge < -0.3 is 9.64 Å². The predicted molar refractivity (Wildman–Crippen MR) is 103 cm³/mol. The van der Waals surface area contributed by atoms with Crippen LogP contribution in [0.5, 0.6) is 0 Å². The van der Waals surface area contributed by atoms with Gasteiger partial charge in [0.2, 0.25) is 0 Å². The van der Waals surface area contributed by atoms with E-state index in [-0.39, 0.29) is 5.56 Å². The number of esters is 1. The third kappa shape index (κ3) is 4.04. The van der Waals surface area contributed by atoms with E-state index in [1.165, 1.54) is 6.08 Å². The number of rotatable bonds is 4. The molecule has 0 aliphatic carbocycles. The highest BCUT2D eigenvalue weighted by atomic mass is 19.4. The Morgan fingerprint density at radius 1 is 1.07 bits per heavy atom. The van der Waals surface area contributed by atoms with Gasteiger partial charge in [0.25, 0.3) is 0 Å². The lowest BCUT2D eigenvalue weighted by atomic mass is 9.83. The van der Waals surface area contributed by atoms with E-state index >= 15 is 0 Å². The van der Waals surface area contributed by atoms with Gasteiger partial charge in [-0.15, -0.1) is 0 Å². The summed E-state index contributed by atoms with van der Waals surface area (Å²) in [4.78, 5) is 26.3. The largest absolute Gasteiger partial charge is 0.454 e. The van der Waals surface area contributed by atoms with Crippen molar-refractivity contribution >= 4 is 17.4 Å². The van der Waals surface area contributed by atoms with E-state index in [2.05, 4.69) is 0 Å². The number of ketones is 1. The van der Waals surface area contributed by atoms with Crippen LogP contribution in [0.25, 0.3) is 0 Å². The summed E-state index contributed by atoms with van der Waals surface area (Å²) < 4.78 is 42.7. The van der Waals surface area contributed by atoms with E-state index in [9.17, 15) is 22.8 Å². The number of hydrogen-bond donors (Lipinski definition) is 0. The van der Waals surface area contributed by atoms with Crippen molar-refractivity contribution < 1.29 is 27.5 Å². The molecule has 0 spiro atoms. The first-order valence-electron chi connectivity index (χ1n) is 8.94. The average Bonchev–Trinajstić information content (AvgIpc) is 2.86. The van der Waals surface area contributed by atoms with Crippen molar-refractivity contribution in [3.8, 4) is 0 Å². The van der Waals surface area contributed by atoms with Gasteiger partial charge in [-0.3, -0.25) is 4.79 Å². The van der Waals surface area contributed by atoms with Gasteiger partial charge in [0.1, 0.15) is 0 Å². The molecule has 2 aromatic rings. The zero-order valence-corrected chi connectivity index (χ0v) is 16.2. The number of carbonyl (C=O) groups is 2. The van der Waals surface area contributed by atoms with Gasteiger partial charge >= 0.3 is 12.1 Å². The molecule has 0 atom stereocenters. The van der Waals surface area contributed by atoms with Crippen LogP contribution in [0.3, 0.4) is 0 Å². The van der Waals surface area contributed by atoms with Gasteiger partial charge in [-0.25, -0.2) is 4.79 Å². The van der Waals surface area contributed by atoms with Crippen LogP contribution in [-0.4, -0.2) is 25.4 Å². The van der Waals surface area contributed by atoms with Gasteiger partial charge in [-0.2, -0.15) is 13.2 Å². The minimum atomic E-state index is -4.48. The van der Waals surface area contributed by atoms with Gasteiger partial charge in [0.15, 0.2) is 12.4 Å². The second-order valence-corrected chi connectivity index (χ2v) is 7.35. The van der Waals surface area contributed by atoms with Gasteiger partial charge in [-0.1, -0.05) is 32.0 Å². The number of para-hydroxylation sites is 1. The number of alkyl halides is 3.